The van der Waals surface area contributed by atoms with Crippen LogP contribution in [0.2, 0.25) is 0 Å². The second-order valence-electron chi connectivity index (χ2n) is 3.01. The van der Waals surface area contributed by atoms with Crippen LogP contribution < -0.4 is 5.73 Å². The first-order chi connectivity index (χ1) is 5.54. The van der Waals surface area contributed by atoms with Gasteiger partial charge in [0.1, 0.15) is 0 Å². The van der Waals surface area contributed by atoms with Crippen molar-refractivity contribution in [2.75, 3.05) is 0 Å². The minimum absolute atomic E-state index is 0.179. The van der Waals surface area contributed by atoms with E-state index in [9.17, 15) is 4.79 Å². The molecular formula is C8H16N2O2. The van der Waals surface area contributed by atoms with Crippen molar-refractivity contribution >= 4 is 11.8 Å². The Morgan fingerprint density at radius 2 is 2.17 bits per heavy atom. The van der Waals surface area contributed by atoms with E-state index in [4.69, 9.17) is 16.2 Å². The molecule has 0 aromatic heterocycles. The zero-order valence-corrected chi connectivity index (χ0v) is 7.34. The van der Waals surface area contributed by atoms with E-state index in [1.807, 2.05) is 0 Å². The Kier molecular flexibility index (Phi) is 5.08. The van der Waals surface area contributed by atoms with Gasteiger partial charge in [0.05, 0.1) is 11.8 Å². The summed E-state index contributed by atoms with van der Waals surface area (Å²) in [4.78, 5) is 10.4. The van der Waals surface area contributed by atoms with Crippen molar-refractivity contribution < 1.29 is 9.90 Å². The van der Waals surface area contributed by atoms with E-state index >= 15 is 0 Å². The fraction of sp³-hybridized carbons (Fsp3) is 0.750. The molecule has 4 nitrogen and oxygen atoms in total. The van der Waals surface area contributed by atoms with Gasteiger partial charge in [0.2, 0.25) is 0 Å². The molecule has 0 saturated carbocycles. The highest BCUT2D eigenvalue weighted by molar-refractivity contribution is 5.76. The Hall–Kier alpha value is -1.06. The van der Waals surface area contributed by atoms with E-state index < -0.39 is 5.97 Å². The average molecular weight is 172 g/mol. The zero-order valence-electron chi connectivity index (χ0n) is 7.34. The Morgan fingerprint density at radius 3 is 2.58 bits per heavy atom. The maximum Gasteiger partial charge on any atom is 0.306 e. The molecule has 0 aromatic rings. The number of rotatable bonds is 6. The second kappa shape index (κ2) is 5.57. The van der Waals surface area contributed by atoms with E-state index in [2.05, 4.69) is 0 Å². The lowest BCUT2D eigenvalue weighted by Crippen LogP contribution is -2.11. The van der Waals surface area contributed by atoms with Crippen molar-refractivity contribution in [3.8, 4) is 0 Å². The summed E-state index contributed by atoms with van der Waals surface area (Å²) in [5.74, 6) is -0.854. The molecule has 0 aliphatic carbocycles. The van der Waals surface area contributed by atoms with Gasteiger partial charge in [-0.05, 0) is 12.8 Å². The van der Waals surface area contributed by atoms with Crippen LogP contribution in [0.5, 0.6) is 0 Å². The number of carbonyl (C=O) groups is 1. The number of nitrogens with two attached hydrogens (primary N) is 1. The predicted molar refractivity (Wildman–Crippen MR) is 47.2 cm³/mol. The van der Waals surface area contributed by atoms with Crippen LogP contribution in [-0.2, 0) is 4.79 Å². The molecule has 0 aromatic carbocycles. The number of unbranched alkanes of at least 4 members (excludes halogenated alkanes) is 1. The third-order valence-corrected chi connectivity index (χ3v) is 1.75. The van der Waals surface area contributed by atoms with Gasteiger partial charge in [0.25, 0.3) is 0 Å². The predicted octanol–water partition coefficient (Wildman–Crippen LogP) is 1.20. The molecule has 0 bridgehead atoms. The fourth-order valence-corrected chi connectivity index (χ4v) is 0.889. The molecule has 0 heterocycles. The summed E-state index contributed by atoms with van der Waals surface area (Å²) >= 11 is 0. The molecule has 1 atom stereocenters. The van der Waals surface area contributed by atoms with Crippen molar-refractivity contribution in [1.82, 2.24) is 0 Å². The minimum atomic E-state index is -0.752. The van der Waals surface area contributed by atoms with Crippen LogP contribution >= 0.6 is 0 Å². The number of carboxylic acids is 1. The summed E-state index contributed by atoms with van der Waals surface area (Å²) in [5.41, 5.74) is 5.14. The van der Waals surface area contributed by atoms with Crippen LogP contribution in [-0.4, -0.2) is 16.9 Å². The van der Waals surface area contributed by atoms with Crippen LogP contribution in [0.1, 0.15) is 32.6 Å². The first kappa shape index (κ1) is 10.9. The van der Waals surface area contributed by atoms with Gasteiger partial charge in [0, 0.05) is 6.42 Å². The molecule has 4 heteroatoms. The fourth-order valence-electron chi connectivity index (χ4n) is 0.889. The van der Waals surface area contributed by atoms with Crippen LogP contribution in [0, 0.1) is 11.3 Å². The van der Waals surface area contributed by atoms with Crippen molar-refractivity contribution in [3.05, 3.63) is 0 Å². The molecule has 0 fully saturated rings. The van der Waals surface area contributed by atoms with Crippen LogP contribution in [0.15, 0.2) is 0 Å². The Labute approximate surface area is 72.3 Å². The van der Waals surface area contributed by atoms with Gasteiger partial charge in [-0.1, -0.05) is 13.3 Å². The molecule has 0 spiro atoms. The lowest BCUT2D eigenvalue weighted by Gasteiger charge is -2.04. The van der Waals surface area contributed by atoms with Crippen LogP contribution in [0.3, 0.4) is 0 Å². The lowest BCUT2D eigenvalue weighted by atomic mass is 10.0. The Bertz CT molecular complexity index is 168. The third kappa shape index (κ3) is 5.70. The topological polar surface area (TPSA) is 87.2 Å². The van der Waals surface area contributed by atoms with E-state index in [-0.39, 0.29) is 11.8 Å². The molecular weight excluding hydrogens is 156 g/mol. The summed E-state index contributed by atoms with van der Waals surface area (Å²) < 4.78 is 0. The highest BCUT2D eigenvalue weighted by atomic mass is 16.4. The van der Waals surface area contributed by atoms with Crippen molar-refractivity contribution in [3.63, 3.8) is 0 Å². The molecule has 0 unspecified atom stereocenters. The smallest absolute Gasteiger partial charge is 0.306 e. The second-order valence-corrected chi connectivity index (χ2v) is 3.01. The average Bonchev–Trinajstić information content (AvgIpc) is 1.97. The largest absolute Gasteiger partial charge is 0.481 e. The molecule has 70 valence electrons. The Balaban J connectivity index is 3.31. The number of amidine groups is 1. The molecule has 0 aliphatic rings. The third-order valence-electron chi connectivity index (χ3n) is 1.75. The molecule has 0 aliphatic heterocycles. The van der Waals surface area contributed by atoms with Gasteiger partial charge in [-0.15, -0.1) is 0 Å². The molecule has 0 amide bonds. The zero-order chi connectivity index (χ0) is 9.56. The normalized spacial score (nSPS) is 12.4. The molecule has 0 saturated heterocycles. The summed E-state index contributed by atoms with van der Waals surface area (Å²) in [6, 6.07) is 0. The molecule has 0 rings (SSSR count). The highest BCUT2D eigenvalue weighted by Gasteiger charge is 2.09. The quantitative estimate of drug-likeness (QED) is 0.319. The Morgan fingerprint density at radius 1 is 1.58 bits per heavy atom. The van der Waals surface area contributed by atoms with Crippen LogP contribution in [0.25, 0.3) is 0 Å². The van der Waals surface area contributed by atoms with Crippen molar-refractivity contribution in [2.24, 2.45) is 11.7 Å². The number of hydrogen-bond acceptors (Lipinski definition) is 2. The van der Waals surface area contributed by atoms with Gasteiger partial charge in [0.15, 0.2) is 0 Å². The van der Waals surface area contributed by atoms with Gasteiger partial charge in [-0.25, -0.2) is 0 Å². The maximum atomic E-state index is 10.4. The van der Waals surface area contributed by atoms with E-state index in [1.54, 1.807) is 6.92 Å². The standard InChI is InChI=1S/C8H16N2O2/c1-6(8(11)12)4-2-3-5-7(9)10/h6H,2-5H2,1H3,(H3,9,10)(H,11,12)/t6-/m0/s1. The monoisotopic (exact) mass is 172 g/mol. The van der Waals surface area contributed by atoms with Gasteiger partial charge >= 0.3 is 5.97 Å². The molecule has 0 radical (unpaired) electrons. The number of aliphatic carboxylic acids is 1. The van der Waals surface area contributed by atoms with E-state index in [0.29, 0.717) is 12.8 Å². The SMILES string of the molecule is C[C@@H](CCCCC(=N)N)C(=O)O. The summed E-state index contributed by atoms with van der Waals surface area (Å²) in [7, 11) is 0. The van der Waals surface area contributed by atoms with Crippen molar-refractivity contribution in [2.45, 2.75) is 32.6 Å². The molecule has 12 heavy (non-hydrogen) atoms. The highest BCUT2D eigenvalue weighted by Crippen LogP contribution is 2.08. The first-order valence-electron chi connectivity index (χ1n) is 4.09. The number of nitrogens with one attached hydrogen (secondary N) is 1. The van der Waals surface area contributed by atoms with Gasteiger partial charge in [-0.3, -0.25) is 10.2 Å². The van der Waals surface area contributed by atoms with E-state index in [1.165, 1.54) is 0 Å². The van der Waals surface area contributed by atoms with Crippen molar-refractivity contribution in [1.29, 1.82) is 5.41 Å². The number of hydrogen-bond donors (Lipinski definition) is 3. The number of carboxylic acid groups (broad SMARTS) is 1. The minimum Gasteiger partial charge on any atom is -0.481 e. The summed E-state index contributed by atoms with van der Waals surface area (Å²) in [6.45, 7) is 1.69. The molecule has 4 N–H and O–H groups in total. The summed E-state index contributed by atoms with van der Waals surface area (Å²) in [5, 5.41) is 15.4. The lowest BCUT2D eigenvalue weighted by molar-refractivity contribution is -0.141. The van der Waals surface area contributed by atoms with E-state index in [0.717, 1.165) is 12.8 Å². The maximum absolute atomic E-state index is 10.4. The first-order valence-corrected chi connectivity index (χ1v) is 4.09. The van der Waals surface area contributed by atoms with Gasteiger partial charge in [-0.2, -0.15) is 0 Å². The van der Waals surface area contributed by atoms with Gasteiger partial charge < -0.3 is 10.8 Å². The van der Waals surface area contributed by atoms with Crippen LogP contribution in [0.4, 0.5) is 0 Å². The summed E-state index contributed by atoms with van der Waals surface area (Å²) in [6.07, 6.45) is 2.88.